The standard InChI is InChI=1S/4C7H6ClN2O.BO3.FH/c4*1-11-7-3-2-5(10-9)4-6(7)8;2-1(3)4;/h4*2-4H,1H3;;1H/q4*+1;-3;/p-1. The quantitative estimate of drug-likeness (QED) is 0.210. The van der Waals surface area contributed by atoms with E-state index >= 15 is 0 Å². The number of halogens is 5. The minimum absolute atomic E-state index is 0. The molecule has 0 fully saturated rings. The Morgan fingerprint density at radius 2 is 0.612 bits per heavy atom. The summed E-state index contributed by atoms with van der Waals surface area (Å²) in [4.78, 5) is 11.9. The number of hydrogen-bond acceptors (Lipinski definition) is 11. The predicted octanol–water partition coefficient (Wildman–Crippen LogP) is 4.39. The highest BCUT2D eigenvalue weighted by Gasteiger charge is 2.10. The van der Waals surface area contributed by atoms with Gasteiger partial charge in [-0.1, -0.05) is 46.4 Å². The summed E-state index contributed by atoms with van der Waals surface area (Å²) in [5.41, 5.74) is 1.65. The van der Waals surface area contributed by atoms with E-state index in [9.17, 15) is 0 Å². The van der Waals surface area contributed by atoms with Crippen molar-refractivity contribution < 1.29 is 38.7 Å². The van der Waals surface area contributed by atoms with Gasteiger partial charge in [-0.05, 0) is 24.3 Å². The van der Waals surface area contributed by atoms with E-state index in [-0.39, 0.29) is 4.70 Å². The van der Waals surface area contributed by atoms with Crippen molar-refractivity contribution in [1.29, 1.82) is 21.6 Å². The van der Waals surface area contributed by atoms with Gasteiger partial charge < -0.3 is 38.7 Å². The van der Waals surface area contributed by atoms with Crippen LogP contribution in [0.15, 0.2) is 72.8 Å². The van der Waals surface area contributed by atoms with Crippen molar-refractivity contribution in [3.8, 4) is 23.0 Å². The van der Waals surface area contributed by atoms with Crippen molar-refractivity contribution in [2.75, 3.05) is 28.4 Å². The van der Waals surface area contributed by atoms with Crippen LogP contribution in [0.1, 0.15) is 0 Å². The van der Waals surface area contributed by atoms with Crippen LogP contribution in [0.3, 0.4) is 0 Å². The zero-order chi connectivity index (χ0) is 36.6. The summed E-state index contributed by atoms with van der Waals surface area (Å²) in [6, 6.07) is 19.0. The minimum atomic E-state index is -2.92. The normalized spacial score (nSPS) is 8.47. The van der Waals surface area contributed by atoms with E-state index in [2.05, 4.69) is 19.9 Å². The molecule has 0 N–H and O–H groups in total. The lowest BCUT2D eigenvalue weighted by Crippen LogP contribution is -3.00. The lowest BCUT2D eigenvalue weighted by molar-refractivity contribution is -0.479. The number of benzene rings is 4. The van der Waals surface area contributed by atoms with Crippen molar-refractivity contribution in [1.82, 2.24) is 0 Å². The van der Waals surface area contributed by atoms with Crippen LogP contribution < -0.4 is 38.7 Å². The Labute approximate surface area is 300 Å². The molecule has 0 aromatic heterocycles. The molecule has 0 aliphatic carbocycles. The molecule has 21 heteroatoms. The third-order valence-corrected chi connectivity index (χ3v) is 6.18. The zero-order valence-corrected chi connectivity index (χ0v) is 28.9. The van der Waals surface area contributed by atoms with Gasteiger partial charge in [-0.2, -0.15) is 0 Å². The summed E-state index contributed by atoms with van der Waals surface area (Å²) in [5, 5.41) is 60.4. The minimum Gasteiger partial charge on any atom is -1.00 e. The van der Waals surface area contributed by atoms with E-state index < -0.39 is 7.32 Å². The molecular weight excluding hydrogens is 732 g/mol. The fourth-order valence-corrected chi connectivity index (χ4v) is 3.88. The monoisotopic (exact) mass is 754 g/mol. The molecule has 0 radical (unpaired) electrons. The molecule has 0 spiro atoms. The fourth-order valence-electron chi connectivity index (χ4n) is 2.87. The second-order valence-corrected chi connectivity index (χ2v) is 9.59. The van der Waals surface area contributed by atoms with E-state index in [1.807, 2.05) is 0 Å². The number of nitrogens with zero attached hydrogens (tertiary/aromatic N) is 8. The van der Waals surface area contributed by atoms with Gasteiger partial charge in [0.15, 0.2) is 19.9 Å². The third-order valence-electron chi connectivity index (χ3n) is 5.00. The van der Waals surface area contributed by atoms with Gasteiger partial charge in [-0.15, -0.1) is 0 Å². The molecule has 0 bridgehead atoms. The lowest BCUT2D eigenvalue weighted by Gasteiger charge is -2.35. The van der Waals surface area contributed by atoms with E-state index in [0.717, 1.165) is 0 Å². The van der Waals surface area contributed by atoms with E-state index in [1.54, 1.807) is 48.5 Å². The maximum atomic E-state index is 8.42. The summed E-state index contributed by atoms with van der Waals surface area (Å²) >= 11 is 22.8. The van der Waals surface area contributed by atoms with Crippen LogP contribution in [0.4, 0.5) is 22.7 Å². The van der Waals surface area contributed by atoms with E-state index in [0.29, 0.717) is 65.8 Å². The fraction of sp³-hybridized carbons (Fsp3) is 0.143. The molecule has 4 aromatic rings. The first-order valence-corrected chi connectivity index (χ1v) is 14.1. The van der Waals surface area contributed by atoms with Crippen LogP contribution in [0, 0.1) is 21.6 Å². The summed E-state index contributed by atoms with van der Waals surface area (Å²) in [5.74, 6) is 2.27. The highest BCUT2D eigenvalue weighted by Crippen LogP contribution is 2.30. The molecule has 4 rings (SSSR count). The summed E-state index contributed by atoms with van der Waals surface area (Å²) in [6.07, 6.45) is 0. The molecular formula is C28H24BCl4FN8O7. The van der Waals surface area contributed by atoms with Crippen molar-refractivity contribution in [2.24, 2.45) is 0 Å². The highest BCUT2D eigenvalue weighted by atomic mass is 35.5. The van der Waals surface area contributed by atoms with Gasteiger partial charge in [0, 0.05) is 24.3 Å². The average Bonchev–Trinajstić information content (AvgIpc) is 3.08. The maximum Gasteiger partial charge on any atom is 0.386 e. The van der Waals surface area contributed by atoms with Gasteiger partial charge in [-0.3, -0.25) is 7.32 Å². The van der Waals surface area contributed by atoms with Crippen LogP contribution >= 0.6 is 46.4 Å². The number of rotatable bonds is 4. The van der Waals surface area contributed by atoms with Crippen LogP contribution in [-0.2, 0) is 0 Å². The highest BCUT2D eigenvalue weighted by molar-refractivity contribution is 6.33. The molecule has 4 aromatic carbocycles. The Bertz CT molecular complexity index is 1550. The van der Waals surface area contributed by atoms with Gasteiger partial charge in [-0.25, -0.2) is 0 Å². The number of ether oxygens (including phenoxy) is 4. The average molecular weight is 756 g/mol. The van der Waals surface area contributed by atoms with Gasteiger partial charge in [0.2, 0.25) is 21.6 Å². The Morgan fingerprint density at radius 1 is 0.449 bits per heavy atom. The van der Waals surface area contributed by atoms with Gasteiger partial charge in [0.05, 0.1) is 72.8 Å². The Balaban J connectivity index is 0. The zero-order valence-electron chi connectivity index (χ0n) is 25.8. The first kappa shape index (κ1) is 45.9. The van der Waals surface area contributed by atoms with E-state index in [1.165, 1.54) is 52.7 Å². The number of hydrogen-bond donors (Lipinski definition) is 0. The first-order chi connectivity index (χ1) is 22.8. The smallest absolute Gasteiger partial charge is 0.386 e. The largest absolute Gasteiger partial charge is 1.00 e. The molecule has 0 aliphatic rings. The molecule has 0 saturated carbocycles. The van der Waals surface area contributed by atoms with Crippen LogP contribution in [0.25, 0.3) is 19.9 Å². The molecule has 0 unspecified atom stereocenters. The molecule has 256 valence electrons. The van der Waals surface area contributed by atoms with Gasteiger partial charge >= 0.3 is 22.7 Å². The number of methoxy groups -OCH3 is 4. The topological polar surface area (TPSA) is 219 Å². The van der Waals surface area contributed by atoms with Crippen LogP contribution in [0.5, 0.6) is 23.0 Å². The lowest BCUT2D eigenvalue weighted by atomic mass is 10.3. The summed E-state index contributed by atoms with van der Waals surface area (Å²) in [6.45, 7) is 0. The van der Waals surface area contributed by atoms with Crippen molar-refractivity contribution >= 4 is 76.5 Å². The van der Waals surface area contributed by atoms with Crippen molar-refractivity contribution in [3.05, 3.63) is 113 Å². The number of diazo groups is 4. The molecule has 0 aliphatic heterocycles. The molecule has 15 nitrogen and oxygen atoms in total. The maximum absolute atomic E-state index is 8.42. The Kier molecular flexibility index (Phi) is 24.2. The summed E-state index contributed by atoms with van der Waals surface area (Å²) in [7, 11) is 3.18. The predicted molar refractivity (Wildman–Crippen MR) is 177 cm³/mol. The van der Waals surface area contributed by atoms with Gasteiger partial charge in [0.1, 0.15) is 23.0 Å². The van der Waals surface area contributed by atoms with Gasteiger partial charge in [0.25, 0.3) is 0 Å². The van der Waals surface area contributed by atoms with Crippen LogP contribution in [0.2, 0.25) is 20.1 Å². The third kappa shape index (κ3) is 18.1. The van der Waals surface area contributed by atoms with Crippen molar-refractivity contribution in [3.63, 3.8) is 0 Å². The molecule has 0 saturated heterocycles. The second-order valence-electron chi connectivity index (χ2n) is 7.96. The Morgan fingerprint density at radius 3 is 0.714 bits per heavy atom. The van der Waals surface area contributed by atoms with E-state index in [4.69, 9.17) is 102 Å². The second kappa shape index (κ2) is 25.8. The first-order valence-electron chi connectivity index (χ1n) is 12.6. The SMILES string of the molecule is COc1ccc([N+]#N)cc1Cl.COc1ccc([N+]#N)cc1Cl.COc1ccc([N+]#N)cc1Cl.COc1ccc([N+]#N)cc1Cl.[F-].[O-]B([O-])[O-]. The molecule has 0 atom stereocenters. The molecule has 49 heavy (non-hydrogen) atoms. The molecule has 0 heterocycles. The Hall–Kier alpha value is -5.21. The van der Waals surface area contributed by atoms with Crippen molar-refractivity contribution in [2.45, 2.75) is 0 Å². The van der Waals surface area contributed by atoms with Crippen LogP contribution in [-0.4, -0.2) is 35.8 Å². The summed E-state index contributed by atoms with van der Waals surface area (Å²) < 4.78 is 19.6. The molecule has 0 amide bonds.